The molecule has 0 unspecified atom stereocenters. The van der Waals surface area contributed by atoms with E-state index in [1.54, 1.807) is 24.7 Å². The number of phenols is 1. The van der Waals surface area contributed by atoms with E-state index >= 15 is 0 Å². The lowest BCUT2D eigenvalue weighted by atomic mass is 9.85. The van der Waals surface area contributed by atoms with Crippen molar-refractivity contribution in [3.63, 3.8) is 0 Å². The molecule has 1 aliphatic rings. The van der Waals surface area contributed by atoms with Crippen LogP contribution in [0, 0.1) is 0 Å². The SMILES string of the molecule is CC(C)(C)N(C(=O)O)[C@H]1C[C@H](Oc2cc(-c3ccc(O)cc3)cn3cncc23)C1. The van der Waals surface area contributed by atoms with Crippen LogP contribution in [0.2, 0.25) is 0 Å². The fourth-order valence-corrected chi connectivity index (χ4v) is 3.92. The van der Waals surface area contributed by atoms with Gasteiger partial charge in [-0.15, -0.1) is 0 Å². The van der Waals surface area contributed by atoms with Crippen molar-refractivity contribution in [2.45, 2.75) is 51.3 Å². The smallest absolute Gasteiger partial charge is 0.407 e. The van der Waals surface area contributed by atoms with Crippen LogP contribution in [0.3, 0.4) is 0 Å². The maximum absolute atomic E-state index is 11.7. The monoisotopic (exact) mass is 395 g/mol. The van der Waals surface area contributed by atoms with Gasteiger partial charge in [0.15, 0.2) is 0 Å². The first kappa shape index (κ1) is 19.1. The molecular formula is C22H25N3O4. The molecular weight excluding hydrogens is 370 g/mol. The summed E-state index contributed by atoms with van der Waals surface area (Å²) in [6.45, 7) is 5.73. The van der Waals surface area contributed by atoms with Crippen LogP contribution in [-0.2, 0) is 0 Å². The normalized spacial score (nSPS) is 19.0. The second kappa shape index (κ2) is 6.99. The number of hydrogen-bond donors (Lipinski definition) is 2. The molecule has 1 saturated carbocycles. The minimum absolute atomic E-state index is 0.0429. The largest absolute Gasteiger partial charge is 0.508 e. The molecule has 7 nitrogen and oxygen atoms in total. The van der Waals surface area contributed by atoms with E-state index in [4.69, 9.17) is 4.74 Å². The average molecular weight is 395 g/mol. The molecule has 0 saturated heterocycles. The third-order valence-corrected chi connectivity index (χ3v) is 5.34. The first-order valence-electron chi connectivity index (χ1n) is 9.66. The molecule has 1 amide bonds. The van der Waals surface area contributed by atoms with Gasteiger partial charge in [-0.05, 0) is 44.5 Å². The van der Waals surface area contributed by atoms with Crippen molar-refractivity contribution in [2.75, 3.05) is 0 Å². The van der Waals surface area contributed by atoms with Gasteiger partial charge in [0.2, 0.25) is 0 Å². The fraction of sp³-hybridized carbons (Fsp3) is 0.364. The summed E-state index contributed by atoms with van der Waals surface area (Å²) in [5.41, 5.74) is 2.32. The molecule has 0 bridgehead atoms. The van der Waals surface area contributed by atoms with Crippen LogP contribution in [0.25, 0.3) is 16.6 Å². The van der Waals surface area contributed by atoms with E-state index in [9.17, 15) is 15.0 Å². The second-order valence-electron chi connectivity index (χ2n) is 8.51. The molecule has 152 valence electrons. The number of hydrogen-bond acceptors (Lipinski definition) is 4. The number of aromatic hydroxyl groups is 1. The summed E-state index contributed by atoms with van der Waals surface area (Å²) in [5.74, 6) is 0.936. The Morgan fingerprint density at radius 2 is 1.90 bits per heavy atom. The average Bonchev–Trinajstić information content (AvgIpc) is 3.07. The Bertz CT molecular complexity index is 1030. The quantitative estimate of drug-likeness (QED) is 0.684. The van der Waals surface area contributed by atoms with Crippen LogP contribution in [0.5, 0.6) is 11.5 Å². The number of phenolic OH excluding ortho intramolecular Hbond substituents is 1. The summed E-state index contributed by atoms with van der Waals surface area (Å²) in [6.07, 6.45) is 5.83. The predicted octanol–water partition coefficient (Wildman–Crippen LogP) is 4.40. The molecule has 2 aromatic heterocycles. The molecule has 4 rings (SSSR count). The van der Waals surface area contributed by atoms with Crippen molar-refractivity contribution in [3.05, 3.63) is 49.1 Å². The summed E-state index contributed by atoms with van der Waals surface area (Å²) in [7, 11) is 0. The van der Waals surface area contributed by atoms with E-state index in [0.29, 0.717) is 18.6 Å². The Morgan fingerprint density at radius 3 is 2.52 bits per heavy atom. The third-order valence-electron chi connectivity index (χ3n) is 5.34. The van der Waals surface area contributed by atoms with E-state index in [-0.39, 0.29) is 17.9 Å². The van der Waals surface area contributed by atoms with Gasteiger partial charge in [0.25, 0.3) is 0 Å². The molecule has 2 heterocycles. The Hall–Kier alpha value is -3.22. The molecule has 0 spiro atoms. The zero-order valence-electron chi connectivity index (χ0n) is 16.7. The maximum Gasteiger partial charge on any atom is 0.407 e. The number of amides is 1. The van der Waals surface area contributed by atoms with E-state index in [0.717, 1.165) is 16.6 Å². The number of carboxylic acid groups (broad SMARTS) is 1. The minimum Gasteiger partial charge on any atom is -0.508 e. The van der Waals surface area contributed by atoms with Crippen LogP contribution < -0.4 is 4.74 Å². The Labute approximate surface area is 169 Å². The lowest BCUT2D eigenvalue weighted by molar-refractivity contribution is -0.0130. The van der Waals surface area contributed by atoms with Crippen LogP contribution >= 0.6 is 0 Å². The van der Waals surface area contributed by atoms with Gasteiger partial charge in [-0.1, -0.05) is 12.1 Å². The molecule has 29 heavy (non-hydrogen) atoms. The van der Waals surface area contributed by atoms with E-state index in [1.165, 1.54) is 4.90 Å². The number of pyridine rings is 1. The van der Waals surface area contributed by atoms with Crippen molar-refractivity contribution >= 4 is 11.6 Å². The summed E-state index contributed by atoms with van der Waals surface area (Å²) in [4.78, 5) is 17.4. The number of carbonyl (C=O) groups is 1. The fourth-order valence-electron chi connectivity index (χ4n) is 3.92. The van der Waals surface area contributed by atoms with Gasteiger partial charge in [-0.25, -0.2) is 9.78 Å². The summed E-state index contributed by atoms with van der Waals surface area (Å²) in [5, 5.41) is 19.1. The highest BCUT2D eigenvalue weighted by molar-refractivity contribution is 5.71. The zero-order valence-corrected chi connectivity index (χ0v) is 16.7. The van der Waals surface area contributed by atoms with Crippen molar-refractivity contribution in [1.82, 2.24) is 14.3 Å². The number of rotatable bonds is 4. The molecule has 1 aromatic carbocycles. The number of imidazole rings is 1. The lowest BCUT2D eigenvalue weighted by Gasteiger charge is -2.47. The van der Waals surface area contributed by atoms with Gasteiger partial charge in [0, 0.05) is 36.2 Å². The van der Waals surface area contributed by atoms with Crippen LogP contribution in [0.15, 0.2) is 49.1 Å². The van der Waals surface area contributed by atoms with Gasteiger partial charge < -0.3 is 24.3 Å². The Balaban J connectivity index is 1.55. The van der Waals surface area contributed by atoms with Crippen LogP contribution in [0.1, 0.15) is 33.6 Å². The molecule has 0 aliphatic heterocycles. The van der Waals surface area contributed by atoms with Crippen molar-refractivity contribution in [1.29, 1.82) is 0 Å². The van der Waals surface area contributed by atoms with Crippen LogP contribution in [0.4, 0.5) is 4.79 Å². The summed E-state index contributed by atoms with van der Waals surface area (Å²) in [6, 6.07) is 8.93. The number of benzene rings is 1. The topological polar surface area (TPSA) is 87.3 Å². The number of nitrogens with zero attached hydrogens (tertiary/aromatic N) is 3. The minimum atomic E-state index is -0.895. The third kappa shape index (κ3) is 3.72. The Kier molecular flexibility index (Phi) is 4.61. The number of ether oxygens (including phenoxy) is 1. The van der Waals surface area contributed by atoms with Crippen molar-refractivity contribution < 1.29 is 19.7 Å². The van der Waals surface area contributed by atoms with Crippen LogP contribution in [-0.4, -0.2) is 48.3 Å². The van der Waals surface area contributed by atoms with Crippen molar-refractivity contribution in [2.24, 2.45) is 0 Å². The molecule has 2 N–H and O–H groups in total. The van der Waals surface area contributed by atoms with E-state index in [1.807, 2.05) is 49.6 Å². The summed E-state index contributed by atoms with van der Waals surface area (Å²) >= 11 is 0. The molecule has 0 radical (unpaired) electrons. The molecule has 1 aliphatic carbocycles. The van der Waals surface area contributed by atoms with Gasteiger partial charge in [0.1, 0.15) is 23.1 Å². The molecule has 1 fully saturated rings. The second-order valence-corrected chi connectivity index (χ2v) is 8.51. The predicted molar refractivity (Wildman–Crippen MR) is 109 cm³/mol. The highest BCUT2D eigenvalue weighted by Gasteiger charge is 2.42. The first-order valence-corrected chi connectivity index (χ1v) is 9.66. The maximum atomic E-state index is 11.7. The number of aromatic nitrogens is 2. The lowest BCUT2D eigenvalue weighted by Crippen LogP contribution is -2.58. The highest BCUT2D eigenvalue weighted by Crippen LogP contribution is 2.36. The zero-order chi connectivity index (χ0) is 20.8. The van der Waals surface area contributed by atoms with Gasteiger partial charge in [-0.3, -0.25) is 0 Å². The molecule has 0 atom stereocenters. The number of fused-ring (bicyclic) bond motifs is 1. The van der Waals surface area contributed by atoms with Crippen molar-refractivity contribution in [3.8, 4) is 22.6 Å². The first-order chi connectivity index (χ1) is 13.7. The Morgan fingerprint density at radius 1 is 1.21 bits per heavy atom. The highest BCUT2D eigenvalue weighted by atomic mass is 16.5. The molecule has 7 heteroatoms. The summed E-state index contributed by atoms with van der Waals surface area (Å²) < 4.78 is 8.16. The standard InChI is InChI=1S/C22H25N3O4/c1-22(2,3)25(21(27)28)16-9-18(10-16)29-20-8-15(12-24-13-23-11-19(20)24)14-4-6-17(26)7-5-14/h4-8,11-13,16,18,26H,9-10H2,1-3H3,(H,27,28)/t16-,18-. The van der Waals surface area contributed by atoms with Gasteiger partial charge in [-0.2, -0.15) is 0 Å². The van der Waals surface area contributed by atoms with Gasteiger partial charge >= 0.3 is 6.09 Å². The molecule has 3 aromatic rings. The van der Waals surface area contributed by atoms with E-state index in [2.05, 4.69) is 4.98 Å². The van der Waals surface area contributed by atoms with Gasteiger partial charge in [0.05, 0.1) is 12.5 Å². The van der Waals surface area contributed by atoms with E-state index < -0.39 is 11.6 Å².